The van der Waals surface area contributed by atoms with Crippen LogP contribution in [0.5, 0.6) is 17.2 Å². The lowest BCUT2D eigenvalue weighted by Gasteiger charge is -2.08. The smallest absolute Gasteiger partial charge is 0.231 e. The van der Waals surface area contributed by atoms with Crippen molar-refractivity contribution in [3.05, 3.63) is 64.1 Å². The highest BCUT2D eigenvalue weighted by Crippen LogP contribution is 2.35. The van der Waals surface area contributed by atoms with Crippen molar-refractivity contribution in [1.82, 2.24) is 4.98 Å². The summed E-state index contributed by atoms with van der Waals surface area (Å²) >= 11 is 3.40. The molecule has 0 aliphatic carbocycles. The van der Waals surface area contributed by atoms with Gasteiger partial charge in [-0.2, -0.15) is 0 Å². The molecular formula is C23H19BrN2O4. The molecule has 152 valence electrons. The first-order valence-electron chi connectivity index (χ1n) is 9.34. The summed E-state index contributed by atoms with van der Waals surface area (Å²) in [5.74, 6) is 0.722. The number of fused-ring (bicyclic) bond motifs is 1. The van der Waals surface area contributed by atoms with Gasteiger partial charge in [0.25, 0.3) is 0 Å². The molecular weight excluding hydrogens is 448 g/mol. The van der Waals surface area contributed by atoms with Gasteiger partial charge in [0, 0.05) is 22.3 Å². The van der Waals surface area contributed by atoms with Crippen molar-refractivity contribution in [3.63, 3.8) is 0 Å². The fourth-order valence-corrected chi connectivity index (χ4v) is 3.49. The van der Waals surface area contributed by atoms with E-state index in [1.54, 1.807) is 24.3 Å². The molecule has 0 unspecified atom stereocenters. The molecule has 0 saturated carbocycles. The highest BCUT2D eigenvalue weighted by molar-refractivity contribution is 9.10. The second-order valence-corrected chi connectivity index (χ2v) is 7.64. The van der Waals surface area contributed by atoms with Crippen molar-refractivity contribution in [2.45, 2.75) is 13.8 Å². The van der Waals surface area contributed by atoms with Crippen LogP contribution in [0, 0.1) is 6.92 Å². The van der Waals surface area contributed by atoms with E-state index >= 15 is 0 Å². The summed E-state index contributed by atoms with van der Waals surface area (Å²) in [6, 6.07) is 14.1. The summed E-state index contributed by atoms with van der Waals surface area (Å²) in [4.78, 5) is 8.82. The fourth-order valence-electron chi connectivity index (χ4n) is 3.04. The van der Waals surface area contributed by atoms with Gasteiger partial charge in [0.15, 0.2) is 17.1 Å². The lowest BCUT2D eigenvalue weighted by molar-refractivity contribution is 0.317. The first kappa shape index (κ1) is 20.0. The van der Waals surface area contributed by atoms with E-state index in [1.807, 2.05) is 32.0 Å². The Morgan fingerprint density at radius 3 is 2.73 bits per heavy atom. The van der Waals surface area contributed by atoms with Gasteiger partial charge in [-0.05, 0) is 55.8 Å². The molecule has 0 atom stereocenters. The Hall–Kier alpha value is -3.32. The van der Waals surface area contributed by atoms with Gasteiger partial charge in [0.1, 0.15) is 11.3 Å². The molecule has 0 bridgehead atoms. The van der Waals surface area contributed by atoms with Crippen molar-refractivity contribution < 1.29 is 19.4 Å². The molecule has 0 radical (unpaired) electrons. The van der Waals surface area contributed by atoms with Gasteiger partial charge in [-0.15, -0.1) is 0 Å². The summed E-state index contributed by atoms with van der Waals surface area (Å²) < 4.78 is 11.9. The number of oxazole rings is 1. The number of nitrogens with zero attached hydrogens (tertiary/aromatic N) is 2. The van der Waals surface area contributed by atoms with Crippen molar-refractivity contribution in [1.29, 1.82) is 0 Å². The van der Waals surface area contributed by atoms with E-state index < -0.39 is 0 Å². The lowest BCUT2D eigenvalue weighted by Crippen LogP contribution is -1.94. The van der Waals surface area contributed by atoms with Crippen LogP contribution >= 0.6 is 15.9 Å². The molecule has 1 heterocycles. The number of halogens is 1. The zero-order valence-corrected chi connectivity index (χ0v) is 18.0. The van der Waals surface area contributed by atoms with Gasteiger partial charge in [-0.3, -0.25) is 4.99 Å². The lowest BCUT2D eigenvalue weighted by atomic mass is 10.1. The van der Waals surface area contributed by atoms with Gasteiger partial charge in [-0.1, -0.05) is 22.0 Å². The van der Waals surface area contributed by atoms with Gasteiger partial charge in [0.05, 0.1) is 17.9 Å². The largest absolute Gasteiger partial charge is 0.507 e. The van der Waals surface area contributed by atoms with Crippen LogP contribution in [0.1, 0.15) is 18.1 Å². The van der Waals surface area contributed by atoms with Crippen LogP contribution < -0.4 is 4.74 Å². The highest BCUT2D eigenvalue weighted by atomic mass is 79.9. The molecule has 0 fully saturated rings. The Labute approximate surface area is 181 Å². The maximum Gasteiger partial charge on any atom is 0.231 e. The monoisotopic (exact) mass is 466 g/mol. The van der Waals surface area contributed by atoms with E-state index in [2.05, 4.69) is 25.9 Å². The molecule has 2 N–H and O–H groups in total. The van der Waals surface area contributed by atoms with E-state index in [0.717, 1.165) is 15.6 Å². The number of benzene rings is 3. The molecule has 7 heteroatoms. The molecule has 4 aromatic rings. The van der Waals surface area contributed by atoms with Crippen molar-refractivity contribution in [2.24, 2.45) is 4.99 Å². The molecule has 30 heavy (non-hydrogen) atoms. The van der Waals surface area contributed by atoms with E-state index in [1.165, 1.54) is 12.3 Å². The summed E-state index contributed by atoms with van der Waals surface area (Å²) in [6.45, 7) is 4.26. The molecule has 3 aromatic carbocycles. The van der Waals surface area contributed by atoms with Crippen LogP contribution in [0.3, 0.4) is 0 Å². The first-order chi connectivity index (χ1) is 14.4. The van der Waals surface area contributed by atoms with Crippen molar-refractivity contribution in [2.75, 3.05) is 6.61 Å². The summed E-state index contributed by atoms with van der Waals surface area (Å²) in [7, 11) is 0. The second-order valence-electron chi connectivity index (χ2n) is 6.72. The predicted octanol–water partition coefficient (Wildman–Crippen LogP) is 6.13. The molecule has 1 aromatic heterocycles. The number of hydrogen-bond donors (Lipinski definition) is 2. The zero-order chi connectivity index (χ0) is 21.3. The molecule has 6 nitrogen and oxygen atoms in total. The number of aryl methyl sites for hydroxylation is 1. The quantitative estimate of drug-likeness (QED) is 0.345. The average molecular weight is 467 g/mol. The minimum absolute atomic E-state index is 0.00129. The molecule has 0 aliphatic heterocycles. The number of phenolic OH excluding ortho intramolecular Hbond substituents is 2. The number of aromatic hydroxyl groups is 2. The third kappa shape index (κ3) is 4.02. The molecule has 4 rings (SSSR count). The topological polar surface area (TPSA) is 88.1 Å². The number of aliphatic imine (C=N–C) groups is 1. The van der Waals surface area contributed by atoms with Crippen LogP contribution in [0.4, 0.5) is 5.69 Å². The second kappa shape index (κ2) is 8.20. The standard InChI is InChI=1S/C23H19BrN2O4/c1-3-29-21-10-15(24)9-14(22(21)28)12-25-16-5-6-17(19(27)11-16)23-26-18-8-13(2)4-7-20(18)30-23/h4-12,27-28H,3H2,1-2H3. The molecule has 0 amide bonds. The maximum atomic E-state index is 10.5. The Kier molecular flexibility index (Phi) is 5.46. The number of rotatable bonds is 5. The molecule has 0 saturated heterocycles. The average Bonchev–Trinajstić information content (AvgIpc) is 3.12. The van der Waals surface area contributed by atoms with E-state index in [0.29, 0.717) is 40.6 Å². The van der Waals surface area contributed by atoms with Crippen LogP contribution in [-0.4, -0.2) is 28.0 Å². The fraction of sp³-hybridized carbons (Fsp3) is 0.130. The minimum atomic E-state index is 0.00129. The Morgan fingerprint density at radius 1 is 1.13 bits per heavy atom. The first-order valence-corrected chi connectivity index (χ1v) is 10.1. The minimum Gasteiger partial charge on any atom is -0.507 e. The van der Waals surface area contributed by atoms with Crippen LogP contribution in [-0.2, 0) is 0 Å². The van der Waals surface area contributed by atoms with Gasteiger partial charge in [0.2, 0.25) is 5.89 Å². The third-order valence-electron chi connectivity index (χ3n) is 4.48. The van der Waals surface area contributed by atoms with Crippen molar-refractivity contribution in [3.8, 4) is 28.7 Å². The summed E-state index contributed by atoms with van der Waals surface area (Å²) in [5.41, 5.74) is 3.96. The van der Waals surface area contributed by atoms with Gasteiger partial charge < -0.3 is 19.4 Å². The maximum absolute atomic E-state index is 10.5. The normalized spacial score (nSPS) is 11.4. The van der Waals surface area contributed by atoms with E-state index in [4.69, 9.17) is 9.15 Å². The molecule has 0 aliphatic rings. The third-order valence-corrected chi connectivity index (χ3v) is 4.93. The zero-order valence-electron chi connectivity index (χ0n) is 16.4. The molecule has 0 spiro atoms. The summed E-state index contributed by atoms with van der Waals surface area (Å²) in [6.07, 6.45) is 1.51. The SMILES string of the molecule is CCOc1cc(Br)cc(C=Nc2ccc(-c3nc4cc(C)ccc4o3)c(O)c2)c1O. The predicted molar refractivity (Wildman–Crippen MR) is 120 cm³/mol. The van der Waals surface area contributed by atoms with Crippen molar-refractivity contribution >= 4 is 38.9 Å². The number of aromatic nitrogens is 1. The van der Waals surface area contributed by atoms with Gasteiger partial charge >= 0.3 is 0 Å². The Bertz CT molecular complexity index is 1260. The Balaban J connectivity index is 1.63. The van der Waals surface area contributed by atoms with Crippen LogP contribution in [0.15, 0.2) is 62.4 Å². The van der Waals surface area contributed by atoms with E-state index in [-0.39, 0.29) is 11.5 Å². The van der Waals surface area contributed by atoms with Crippen LogP contribution in [0.2, 0.25) is 0 Å². The number of phenols is 2. The number of hydrogen-bond acceptors (Lipinski definition) is 6. The van der Waals surface area contributed by atoms with E-state index in [9.17, 15) is 10.2 Å². The summed E-state index contributed by atoms with van der Waals surface area (Å²) in [5, 5.41) is 20.8. The Morgan fingerprint density at radius 2 is 1.97 bits per heavy atom. The highest BCUT2D eigenvalue weighted by Gasteiger charge is 2.13. The van der Waals surface area contributed by atoms with Crippen LogP contribution in [0.25, 0.3) is 22.6 Å². The van der Waals surface area contributed by atoms with Gasteiger partial charge in [-0.25, -0.2) is 4.98 Å². The number of ether oxygens (including phenoxy) is 1.